The van der Waals surface area contributed by atoms with Gasteiger partial charge in [-0.2, -0.15) is 5.26 Å². The first kappa shape index (κ1) is 12.9. The SMILES string of the molecule is CS(=O)(=O)N(CC1CCC1)c1cccc(C#N)c1. The summed E-state index contributed by atoms with van der Waals surface area (Å²) in [4.78, 5) is 0. The number of nitriles is 1. The maximum absolute atomic E-state index is 11.9. The van der Waals surface area contributed by atoms with E-state index in [1.165, 1.54) is 17.0 Å². The molecule has 0 spiro atoms. The average molecular weight is 264 g/mol. The molecule has 0 aromatic heterocycles. The number of benzene rings is 1. The minimum Gasteiger partial charge on any atom is -0.270 e. The van der Waals surface area contributed by atoms with Crippen molar-refractivity contribution in [1.82, 2.24) is 0 Å². The van der Waals surface area contributed by atoms with Crippen molar-refractivity contribution in [2.75, 3.05) is 17.1 Å². The van der Waals surface area contributed by atoms with Gasteiger partial charge in [0.15, 0.2) is 0 Å². The third kappa shape index (κ3) is 2.82. The van der Waals surface area contributed by atoms with E-state index in [1.807, 2.05) is 6.07 Å². The van der Waals surface area contributed by atoms with Crippen LogP contribution in [0.3, 0.4) is 0 Å². The molecular formula is C13H16N2O2S. The molecule has 5 heteroatoms. The van der Waals surface area contributed by atoms with E-state index in [4.69, 9.17) is 5.26 Å². The Labute approximate surface area is 108 Å². The Hall–Kier alpha value is -1.54. The number of hydrogen-bond donors (Lipinski definition) is 0. The molecule has 18 heavy (non-hydrogen) atoms. The summed E-state index contributed by atoms with van der Waals surface area (Å²) < 4.78 is 25.1. The first-order valence-electron chi connectivity index (χ1n) is 5.98. The minimum absolute atomic E-state index is 0.450. The van der Waals surface area contributed by atoms with E-state index in [9.17, 15) is 8.42 Å². The summed E-state index contributed by atoms with van der Waals surface area (Å²) >= 11 is 0. The molecule has 0 radical (unpaired) electrons. The molecule has 4 nitrogen and oxygen atoms in total. The lowest BCUT2D eigenvalue weighted by Gasteiger charge is -2.32. The van der Waals surface area contributed by atoms with Crippen molar-refractivity contribution in [3.8, 4) is 6.07 Å². The molecular weight excluding hydrogens is 248 g/mol. The van der Waals surface area contributed by atoms with Gasteiger partial charge in [0, 0.05) is 6.54 Å². The second-order valence-electron chi connectivity index (χ2n) is 4.75. The van der Waals surface area contributed by atoms with Gasteiger partial charge in [0.05, 0.1) is 23.6 Å². The molecule has 96 valence electrons. The minimum atomic E-state index is -3.29. The molecule has 1 fully saturated rings. The maximum Gasteiger partial charge on any atom is 0.232 e. The fourth-order valence-corrected chi connectivity index (χ4v) is 3.05. The summed E-state index contributed by atoms with van der Waals surface area (Å²) in [5, 5.41) is 8.87. The summed E-state index contributed by atoms with van der Waals surface area (Å²) in [6, 6.07) is 8.78. The van der Waals surface area contributed by atoms with Gasteiger partial charge in [-0.05, 0) is 37.0 Å². The highest BCUT2D eigenvalue weighted by Gasteiger charge is 2.25. The second-order valence-corrected chi connectivity index (χ2v) is 6.66. The number of rotatable bonds is 4. The number of hydrogen-bond acceptors (Lipinski definition) is 3. The monoisotopic (exact) mass is 264 g/mol. The molecule has 0 saturated heterocycles. The van der Waals surface area contributed by atoms with Gasteiger partial charge < -0.3 is 0 Å². The molecule has 1 aromatic carbocycles. The summed E-state index contributed by atoms with van der Waals surface area (Å²) in [5.74, 6) is 0.450. The Kier molecular flexibility index (Phi) is 3.58. The van der Waals surface area contributed by atoms with Gasteiger partial charge in [0.1, 0.15) is 0 Å². The predicted molar refractivity (Wildman–Crippen MR) is 70.7 cm³/mol. The van der Waals surface area contributed by atoms with Crippen LogP contribution >= 0.6 is 0 Å². The molecule has 1 aromatic rings. The first-order chi connectivity index (χ1) is 8.50. The molecule has 0 unspecified atom stereocenters. The van der Waals surface area contributed by atoms with Crippen LogP contribution in [-0.4, -0.2) is 21.2 Å². The van der Waals surface area contributed by atoms with Crippen molar-refractivity contribution in [3.63, 3.8) is 0 Å². The highest BCUT2D eigenvalue weighted by atomic mass is 32.2. The quantitative estimate of drug-likeness (QED) is 0.837. The van der Waals surface area contributed by atoms with Gasteiger partial charge >= 0.3 is 0 Å². The van der Waals surface area contributed by atoms with Crippen LogP contribution in [0.15, 0.2) is 24.3 Å². The van der Waals surface area contributed by atoms with Crippen LogP contribution in [0.1, 0.15) is 24.8 Å². The van der Waals surface area contributed by atoms with Crippen LogP contribution in [0.25, 0.3) is 0 Å². The lowest BCUT2D eigenvalue weighted by atomic mass is 9.85. The van der Waals surface area contributed by atoms with Crippen molar-refractivity contribution in [1.29, 1.82) is 5.26 Å². The number of sulfonamides is 1. The zero-order valence-corrected chi connectivity index (χ0v) is 11.2. The molecule has 1 aliphatic rings. The van der Waals surface area contributed by atoms with E-state index in [0.717, 1.165) is 12.8 Å². The van der Waals surface area contributed by atoms with Crippen LogP contribution in [0.4, 0.5) is 5.69 Å². The number of anilines is 1. The Morgan fingerprint density at radius 2 is 2.17 bits per heavy atom. The van der Waals surface area contributed by atoms with Gasteiger partial charge in [0.25, 0.3) is 0 Å². The Morgan fingerprint density at radius 1 is 1.44 bits per heavy atom. The third-order valence-corrected chi connectivity index (χ3v) is 4.47. The largest absolute Gasteiger partial charge is 0.270 e. The summed E-state index contributed by atoms with van der Waals surface area (Å²) in [5.41, 5.74) is 1.07. The van der Waals surface area contributed by atoms with Crippen LogP contribution in [0.5, 0.6) is 0 Å². The number of nitrogens with zero attached hydrogens (tertiary/aromatic N) is 2. The van der Waals surface area contributed by atoms with Crippen molar-refractivity contribution in [2.24, 2.45) is 5.92 Å². The van der Waals surface area contributed by atoms with Crippen molar-refractivity contribution >= 4 is 15.7 Å². The van der Waals surface area contributed by atoms with Crippen LogP contribution < -0.4 is 4.31 Å². The molecule has 1 aliphatic carbocycles. The zero-order chi connectivity index (χ0) is 13.2. The van der Waals surface area contributed by atoms with E-state index in [0.29, 0.717) is 23.7 Å². The normalized spacial score (nSPS) is 15.8. The molecule has 1 saturated carbocycles. The molecule has 0 bridgehead atoms. The van der Waals surface area contributed by atoms with Gasteiger partial charge in [-0.15, -0.1) is 0 Å². The molecule has 0 heterocycles. The van der Waals surface area contributed by atoms with Crippen molar-refractivity contribution in [2.45, 2.75) is 19.3 Å². The smallest absolute Gasteiger partial charge is 0.232 e. The summed E-state index contributed by atoms with van der Waals surface area (Å²) in [6.45, 7) is 0.522. The van der Waals surface area contributed by atoms with E-state index >= 15 is 0 Å². The second kappa shape index (κ2) is 4.99. The van der Waals surface area contributed by atoms with E-state index in [-0.39, 0.29) is 0 Å². The molecule has 0 aliphatic heterocycles. The fourth-order valence-electron chi connectivity index (χ4n) is 2.07. The van der Waals surface area contributed by atoms with E-state index in [1.54, 1.807) is 24.3 Å². The highest BCUT2D eigenvalue weighted by molar-refractivity contribution is 7.92. The van der Waals surface area contributed by atoms with E-state index < -0.39 is 10.0 Å². The molecule has 0 atom stereocenters. The Balaban J connectivity index is 2.30. The van der Waals surface area contributed by atoms with Crippen molar-refractivity contribution in [3.05, 3.63) is 29.8 Å². The zero-order valence-electron chi connectivity index (χ0n) is 10.3. The standard InChI is InChI=1S/C13H16N2O2S/c1-18(16,17)15(10-11-4-2-5-11)13-7-3-6-12(8-13)9-14/h3,6-8,11H,2,4-5,10H2,1H3. The fraction of sp³-hybridized carbons (Fsp3) is 0.462. The maximum atomic E-state index is 11.9. The van der Waals surface area contributed by atoms with Gasteiger partial charge in [-0.3, -0.25) is 4.31 Å². The predicted octanol–water partition coefficient (Wildman–Crippen LogP) is 2.12. The summed E-state index contributed by atoms with van der Waals surface area (Å²) in [6.07, 6.45) is 4.57. The van der Waals surface area contributed by atoms with Crippen LogP contribution in [0.2, 0.25) is 0 Å². The summed E-state index contributed by atoms with van der Waals surface area (Å²) in [7, 11) is -3.29. The lowest BCUT2D eigenvalue weighted by Crippen LogP contribution is -2.36. The van der Waals surface area contributed by atoms with Crippen LogP contribution in [-0.2, 0) is 10.0 Å². The van der Waals surface area contributed by atoms with Gasteiger partial charge in [-0.25, -0.2) is 8.42 Å². The molecule has 0 amide bonds. The lowest BCUT2D eigenvalue weighted by molar-refractivity contribution is 0.326. The molecule has 0 N–H and O–H groups in total. The Morgan fingerprint density at radius 3 is 2.67 bits per heavy atom. The first-order valence-corrected chi connectivity index (χ1v) is 7.83. The third-order valence-electron chi connectivity index (χ3n) is 3.31. The van der Waals surface area contributed by atoms with E-state index in [2.05, 4.69) is 0 Å². The van der Waals surface area contributed by atoms with Gasteiger partial charge in [0.2, 0.25) is 10.0 Å². The highest BCUT2D eigenvalue weighted by Crippen LogP contribution is 2.30. The van der Waals surface area contributed by atoms with Crippen molar-refractivity contribution < 1.29 is 8.42 Å². The Bertz CT molecular complexity index is 571. The molecule has 2 rings (SSSR count). The topological polar surface area (TPSA) is 61.2 Å². The van der Waals surface area contributed by atoms with Gasteiger partial charge in [-0.1, -0.05) is 12.5 Å². The average Bonchev–Trinajstić information content (AvgIpc) is 2.25. The van der Waals surface area contributed by atoms with Crippen LogP contribution in [0, 0.1) is 17.2 Å².